The quantitative estimate of drug-likeness (QED) is 0.384. The van der Waals surface area contributed by atoms with Gasteiger partial charge in [0.25, 0.3) is 0 Å². The number of unbranched alkanes of at least 4 members (excludes halogenated alkanes) is 1. The number of esters is 1. The number of ether oxygens (including phenoxy) is 1. The standard InChI is InChI=1S/C12H23NO2S/c1-4-11(12(14)15-2)7-9-13-8-5-6-10-16-3/h7,13H,4-6,8-10H2,1-3H3. The highest BCUT2D eigenvalue weighted by Crippen LogP contribution is 2.02. The molecule has 0 radical (unpaired) electrons. The first-order valence-electron chi connectivity index (χ1n) is 5.73. The second-order valence-electron chi connectivity index (χ2n) is 3.48. The minimum absolute atomic E-state index is 0.216. The predicted molar refractivity (Wildman–Crippen MR) is 70.9 cm³/mol. The Labute approximate surface area is 103 Å². The average molecular weight is 245 g/mol. The Morgan fingerprint density at radius 3 is 2.75 bits per heavy atom. The van der Waals surface area contributed by atoms with E-state index in [2.05, 4.69) is 16.3 Å². The van der Waals surface area contributed by atoms with Gasteiger partial charge in [-0.2, -0.15) is 11.8 Å². The van der Waals surface area contributed by atoms with Gasteiger partial charge >= 0.3 is 5.97 Å². The van der Waals surface area contributed by atoms with Gasteiger partial charge in [-0.15, -0.1) is 0 Å². The zero-order valence-electron chi connectivity index (χ0n) is 10.5. The van der Waals surface area contributed by atoms with E-state index in [9.17, 15) is 4.79 Å². The molecule has 0 aromatic rings. The van der Waals surface area contributed by atoms with Crippen LogP contribution in [-0.2, 0) is 9.53 Å². The van der Waals surface area contributed by atoms with Crippen molar-refractivity contribution in [2.24, 2.45) is 0 Å². The van der Waals surface area contributed by atoms with Gasteiger partial charge in [-0.3, -0.25) is 0 Å². The van der Waals surface area contributed by atoms with Crippen LogP contribution in [0.3, 0.4) is 0 Å². The predicted octanol–water partition coefficient (Wildman–Crippen LogP) is 2.23. The molecule has 0 aliphatic rings. The fourth-order valence-corrected chi connectivity index (χ4v) is 1.79. The molecule has 0 heterocycles. The Balaban J connectivity index is 3.60. The highest BCUT2D eigenvalue weighted by Gasteiger charge is 2.05. The Kier molecular flexibility index (Phi) is 10.7. The topological polar surface area (TPSA) is 38.3 Å². The van der Waals surface area contributed by atoms with Gasteiger partial charge in [0.2, 0.25) is 0 Å². The van der Waals surface area contributed by atoms with Crippen LogP contribution in [0.2, 0.25) is 0 Å². The Bertz CT molecular complexity index is 217. The van der Waals surface area contributed by atoms with Crippen LogP contribution in [0.15, 0.2) is 11.6 Å². The van der Waals surface area contributed by atoms with Crippen LogP contribution in [0.25, 0.3) is 0 Å². The highest BCUT2D eigenvalue weighted by molar-refractivity contribution is 7.98. The van der Waals surface area contributed by atoms with Crippen LogP contribution in [0, 0.1) is 0 Å². The van der Waals surface area contributed by atoms with Gasteiger partial charge < -0.3 is 10.1 Å². The molecule has 0 saturated heterocycles. The molecule has 0 aliphatic carbocycles. The van der Waals surface area contributed by atoms with Gasteiger partial charge in [0.1, 0.15) is 0 Å². The molecule has 0 unspecified atom stereocenters. The summed E-state index contributed by atoms with van der Waals surface area (Å²) in [5.74, 6) is 1.01. The van der Waals surface area contributed by atoms with Crippen molar-refractivity contribution in [2.75, 3.05) is 32.2 Å². The number of nitrogens with one attached hydrogen (secondary N) is 1. The summed E-state index contributed by atoms with van der Waals surface area (Å²) in [6.45, 7) is 3.72. The van der Waals surface area contributed by atoms with Crippen LogP contribution < -0.4 is 5.32 Å². The molecule has 3 nitrogen and oxygen atoms in total. The smallest absolute Gasteiger partial charge is 0.333 e. The summed E-state index contributed by atoms with van der Waals surface area (Å²) in [6, 6.07) is 0. The summed E-state index contributed by atoms with van der Waals surface area (Å²) in [5, 5.41) is 3.29. The number of thioether (sulfide) groups is 1. The molecule has 0 spiro atoms. The molecule has 0 bridgehead atoms. The largest absolute Gasteiger partial charge is 0.466 e. The lowest BCUT2D eigenvalue weighted by molar-refractivity contribution is -0.136. The van der Waals surface area contributed by atoms with Crippen molar-refractivity contribution in [3.8, 4) is 0 Å². The summed E-state index contributed by atoms with van der Waals surface area (Å²) >= 11 is 1.88. The van der Waals surface area contributed by atoms with Crippen LogP contribution in [0.1, 0.15) is 26.2 Å². The van der Waals surface area contributed by atoms with Gasteiger partial charge in [-0.25, -0.2) is 4.79 Å². The molecule has 16 heavy (non-hydrogen) atoms. The van der Waals surface area contributed by atoms with Gasteiger partial charge in [0, 0.05) is 12.1 Å². The van der Waals surface area contributed by atoms with E-state index in [0.29, 0.717) is 0 Å². The molecule has 94 valence electrons. The van der Waals surface area contributed by atoms with Crippen molar-refractivity contribution in [3.05, 3.63) is 11.6 Å². The Hall–Kier alpha value is -0.480. The van der Waals surface area contributed by atoms with Crippen molar-refractivity contribution in [2.45, 2.75) is 26.2 Å². The van der Waals surface area contributed by atoms with E-state index in [4.69, 9.17) is 0 Å². The van der Waals surface area contributed by atoms with E-state index in [-0.39, 0.29) is 5.97 Å². The van der Waals surface area contributed by atoms with Gasteiger partial charge in [0.05, 0.1) is 7.11 Å². The van der Waals surface area contributed by atoms with E-state index in [1.54, 1.807) is 0 Å². The van der Waals surface area contributed by atoms with E-state index in [0.717, 1.165) is 25.1 Å². The third-order valence-electron chi connectivity index (χ3n) is 2.27. The van der Waals surface area contributed by atoms with Gasteiger partial charge in [-0.1, -0.05) is 13.0 Å². The fourth-order valence-electron chi connectivity index (χ4n) is 1.30. The summed E-state index contributed by atoms with van der Waals surface area (Å²) in [4.78, 5) is 11.2. The van der Waals surface area contributed by atoms with E-state index in [1.165, 1.54) is 25.7 Å². The minimum atomic E-state index is -0.216. The maximum atomic E-state index is 11.2. The number of hydrogen-bond donors (Lipinski definition) is 1. The molecule has 0 aliphatic heterocycles. The Morgan fingerprint density at radius 1 is 1.44 bits per heavy atom. The highest BCUT2D eigenvalue weighted by atomic mass is 32.2. The van der Waals surface area contributed by atoms with Crippen LogP contribution >= 0.6 is 11.8 Å². The number of carbonyl (C=O) groups is 1. The first-order chi connectivity index (χ1) is 7.76. The lowest BCUT2D eigenvalue weighted by Crippen LogP contribution is -2.16. The van der Waals surface area contributed by atoms with E-state index < -0.39 is 0 Å². The van der Waals surface area contributed by atoms with Crippen LogP contribution in [-0.4, -0.2) is 38.2 Å². The minimum Gasteiger partial charge on any atom is -0.466 e. The third-order valence-corrected chi connectivity index (χ3v) is 2.97. The monoisotopic (exact) mass is 245 g/mol. The molecule has 0 atom stereocenters. The summed E-state index contributed by atoms with van der Waals surface area (Å²) in [6.07, 6.45) is 7.20. The van der Waals surface area contributed by atoms with Gasteiger partial charge in [-0.05, 0) is 37.8 Å². The first kappa shape index (κ1) is 15.5. The van der Waals surface area contributed by atoms with Crippen molar-refractivity contribution >= 4 is 17.7 Å². The summed E-state index contributed by atoms with van der Waals surface area (Å²) < 4.78 is 4.68. The second kappa shape index (κ2) is 11.0. The lowest BCUT2D eigenvalue weighted by Gasteiger charge is -2.04. The SMILES string of the molecule is CCC(=CCNCCCCSC)C(=O)OC. The van der Waals surface area contributed by atoms with Gasteiger partial charge in [0.15, 0.2) is 0 Å². The molecular weight excluding hydrogens is 222 g/mol. The van der Waals surface area contributed by atoms with Crippen molar-refractivity contribution < 1.29 is 9.53 Å². The molecule has 0 aromatic heterocycles. The number of hydrogen-bond acceptors (Lipinski definition) is 4. The molecule has 0 fully saturated rings. The maximum Gasteiger partial charge on any atom is 0.333 e. The molecular formula is C12H23NO2S. The van der Waals surface area contributed by atoms with Crippen molar-refractivity contribution in [1.82, 2.24) is 5.32 Å². The third kappa shape index (κ3) is 7.77. The molecule has 1 N–H and O–H groups in total. The summed E-state index contributed by atoms with van der Waals surface area (Å²) in [7, 11) is 1.42. The first-order valence-corrected chi connectivity index (χ1v) is 7.12. The van der Waals surface area contributed by atoms with E-state index >= 15 is 0 Å². The zero-order chi connectivity index (χ0) is 12.2. The Morgan fingerprint density at radius 2 is 2.19 bits per heavy atom. The molecule has 0 amide bonds. The second-order valence-corrected chi connectivity index (χ2v) is 4.46. The normalized spacial score (nSPS) is 11.6. The fraction of sp³-hybridized carbons (Fsp3) is 0.750. The zero-order valence-corrected chi connectivity index (χ0v) is 11.4. The van der Waals surface area contributed by atoms with Crippen molar-refractivity contribution in [1.29, 1.82) is 0 Å². The lowest BCUT2D eigenvalue weighted by atomic mass is 10.2. The van der Waals surface area contributed by atoms with Crippen molar-refractivity contribution in [3.63, 3.8) is 0 Å². The molecule has 4 heteroatoms. The maximum absolute atomic E-state index is 11.2. The molecule has 0 aromatic carbocycles. The average Bonchev–Trinajstić information content (AvgIpc) is 2.32. The molecule has 0 rings (SSSR count). The molecule has 0 saturated carbocycles. The number of rotatable bonds is 9. The van der Waals surface area contributed by atoms with Crippen LogP contribution in [0.5, 0.6) is 0 Å². The number of carbonyl (C=O) groups excluding carboxylic acids is 1. The van der Waals surface area contributed by atoms with Crippen LogP contribution in [0.4, 0.5) is 0 Å². The van der Waals surface area contributed by atoms with E-state index in [1.807, 2.05) is 24.8 Å². The number of methoxy groups -OCH3 is 1. The summed E-state index contributed by atoms with van der Waals surface area (Å²) in [5.41, 5.74) is 0.749.